The fraction of sp³-hybridized carbons (Fsp3) is 0.364. The summed E-state index contributed by atoms with van der Waals surface area (Å²) in [4.78, 5) is 25.2. The topological polar surface area (TPSA) is 76.7 Å². The van der Waals surface area contributed by atoms with Crippen LogP contribution >= 0.6 is 0 Å². The third-order valence-electron chi connectivity index (χ3n) is 3.73. The number of amides is 2. The Balaban J connectivity index is 2.17. The van der Waals surface area contributed by atoms with Crippen molar-refractivity contribution < 1.29 is 19.1 Å². The fourth-order valence-electron chi connectivity index (χ4n) is 2.58. The molecule has 0 aliphatic heterocycles. The number of ether oxygens (including phenoxy) is 2. The van der Waals surface area contributed by atoms with E-state index >= 15 is 0 Å². The van der Waals surface area contributed by atoms with Crippen LogP contribution in [0, 0.1) is 0 Å². The van der Waals surface area contributed by atoms with Crippen LogP contribution in [0.25, 0.3) is 0 Å². The van der Waals surface area contributed by atoms with Crippen molar-refractivity contribution in [1.82, 2.24) is 5.32 Å². The molecule has 0 saturated carbocycles. The molecule has 2 aromatic carbocycles. The van der Waals surface area contributed by atoms with Gasteiger partial charge in [-0.3, -0.25) is 4.79 Å². The van der Waals surface area contributed by atoms with Crippen LogP contribution in [0.2, 0.25) is 0 Å². The van der Waals surface area contributed by atoms with Gasteiger partial charge in [-0.2, -0.15) is 0 Å². The highest BCUT2D eigenvalue weighted by molar-refractivity contribution is 5.97. The lowest BCUT2D eigenvalue weighted by atomic mass is 10.1. The maximum Gasteiger partial charge on any atom is 0.408 e. The molecule has 0 spiro atoms. The molecule has 0 radical (unpaired) electrons. The van der Waals surface area contributed by atoms with Gasteiger partial charge in [-0.25, -0.2) is 4.79 Å². The van der Waals surface area contributed by atoms with E-state index in [9.17, 15) is 9.59 Å². The van der Waals surface area contributed by atoms with Gasteiger partial charge >= 0.3 is 6.09 Å². The molecule has 1 atom stereocenters. The van der Waals surface area contributed by atoms with Crippen molar-refractivity contribution in [2.45, 2.75) is 45.8 Å². The molecule has 0 aliphatic rings. The van der Waals surface area contributed by atoms with E-state index in [0.717, 1.165) is 5.56 Å². The first-order valence-corrected chi connectivity index (χ1v) is 9.34. The second-order valence-corrected chi connectivity index (χ2v) is 7.31. The van der Waals surface area contributed by atoms with Crippen molar-refractivity contribution in [3.63, 3.8) is 0 Å². The molecule has 6 nitrogen and oxygen atoms in total. The highest BCUT2D eigenvalue weighted by Crippen LogP contribution is 2.24. The molecule has 2 rings (SSSR count). The molecule has 28 heavy (non-hydrogen) atoms. The lowest BCUT2D eigenvalue weighted by Crippen LogP contribution is -2.47. The minimum absolute atomic E-state index is 0.336. The van der Waals surface area contributed by atoms with Crippen molar-refractivity contribution in [1.29, 1.82) is 0 Å². The van der Waals surface area contributed by atoms with Crippen LogP contribution in [-0.2, 0) is 16.0 Å². The van der Waals surface area contributed by atoms with Crippen molar-refractivity contribution in [3.8, 4) is 5.75 Å². The molecule has 0 fully saturated rings. The van der Waals surface area contributed by atoms with Gasteiger partial charge in [-0.1, -0.05) is 42.5 Å². The molecule has 0 aliphatic carbocycles. The molecule has 0 bridgehead atoms. The molecule has 1 unspecified atom stereocenters. The largest absolute Gasteiger partial charge is 0.492 e. The molecule has 0 saturated heterocycles. The average Bonchev–Trinajstić information content (AvgIpc) is 2.62. The summed E-state index contributed by atoms with van der Waals surface area (Å²) >= 11 is 0. The summed E-state index contributed by atoms with van der Waals surface area (Å²) in [7, 11) is 0. The summed E-state index contributed by atoms with van der Waals surface area (Å²) in [6.45, 7) is 7.68. The number of alkyl carbamates (subject to hydrolysis) is 1. The monoisotopic (exact) mass is 384 g/mol. The highest BCUT2D eigenvalue weighted by Gasteiger charge is 2.25. The Hall–Kier alpha value is -3.02. The Labute approximate surface area is 166 Å². The minimum Gasteiger partial charge on any atom is -0.492 e. The van der Waals surface area contributed by atoms with Crippen LogP contribution < -0.4 is 15.4 Å². The standard InChI is InChI=1S/C22H28N2O4/c1-5-27-19-14-10-9-13-17(19)23-20(25)18(15-16-11-7-6-8-12-16)24-21(26)28-22(2,3)4/h6-14,18H,5,15H2,1-4H3,(H,23,25)(H,24,26). The van der Waals surface area contributed by atoms with E-state index in [0.29, 0.717) is 24.5 Å². The molecule has 2 N–H and O–H groups in total. The molecule has 0 heterocycles. The third kappa shape index (κ3) is 6.95. The maximum absolute atomic E-state index is 12.9. The van der Waals surface area contributed by atoms with Crippen LogP contribution in [0.15, 0.2) is 54.6 Å². The minimum atomic E-state index is -0.799. The summed E-state index contributed by atoms with van der Waals surface area (Å²) in [6.07, 6.45) is -0.301. The average molecular weight is 384 g/mol. The van der Waals surface area contributed by atoms with Crippen LogP contribution in [0.4, 0.5) is 10.5 Å². The molecule has 2 amide bonds. The smallest absolute Gasteiger partial charge is 0.408 e. The van der Waals surface area contributed by atoms with Crippen molar-refractivity contribution in [2.24, 2.45) is 0 Å². The third-order valence-corrected chi connectivity index (χ3v) is 3.73. The first-order valence-electron chi connectivity index (χ1n) is 9.34. The second-order valence-electron chi connectivity index (χ2n) is 7.31. The number of para-hydroxylation sites is 2. The van der Waals surface area contributed by atoms with E-state index in [4.69, 9.17) is 9.47 Å². The predicted molar refractivity (Wildman–Crippen MR) is 110 cm³/mol. The van der Waals surface area contributed by atoms with E-state index in [1.807, 2.05) is 49.4 Å². The van der Waals surface area contributed by atoms with Gasteiger partial charge in [0.15, 0.2) is 0 Å². The number of anilines is 1. The maximum atomic E-state index is 12.9. The first-order chi connectivity index (χ1) is 13.3. The fourth-order valence-corrected chi connectivity index (χ4v) is 2.58. The molecule has 6 heteroatoms. The lowest BCUT2D eigenvalue weighted by molar-refractivity contribution is -0.118. The van der Waals surface area contributed by atoms with E-state index < -0.39 is 17.7 Å². The second kappa shape index (κ2) is 9.78. The zero-order valence-corrected chi connectivity index (χ0v) is 16.8. The van der Waals surface area contributed by atoms with E-state index in [-0.39, 0.29) is 5.91 Å². The Kier molecular flexibility index (Phi) is 7.44. The van der Waals surface area contributed by atoms with Gasteiger partial charge in [0.05, 0.1) is 12.3 Å². The van der Waals surface area contributed by atoms with Gasteiger partial charge in [-0.05, 0) is 45.4 Å². The molecule has 2 aromatic rings. The number of nitrogens with one attached hydrogen (secondary N) is 2. The number of hydrogen-bond donors (Lipinski definition) is 2. The summed E-state index contributed by atoms with van der Waals surface area (Å²) in [5, 5.41) is 5.53. The van der Waals surface area contributed by atoms with Gasteiger partial charge in [0.2, 0.25) is 5.91 Å². The molecule has 0 aromatic heterocycles. The quantitative estimate of drug-likeness (QED) is 0.751. The molecular formula is C22H28N2O4. The number of rotatable bonds is 7. The van der Waals surface area contributed by atoms with Crippen molar-refractivity contribution in [2.75, 3.05) is 11.9 Å². The van der Waals surface area contributed by atoms with E-state index in [2.05, 4.69) is 10.6 Å². The number of hydrogen-bond acceptors (Lipinski definition) is 4. The van der Waals surface area contributed by atoms with Gasteiger partial charge in [0.1, 0.15) is 17.4 Å². The Morgan fingerprint density at radius 2 is 1.64 bits per heavy atom. The SMILES string of the molecule is CCOc1ccccc1NC(=O)C(Cc1ccccc1)NC(=O)OC(C)(C)C. The number of carbonyl (C=O) groups excluding carboxylic acids is 2. The first kappa shape index (κ1) is 21.3. The Bertz CT molecular complexity index is 785. The van der Waals surface area contributed by atoms with Gasteiger partial charge in [-0.15, -0.1) is 0 Å². The van der Waals surface area contributed by atoms with Crippen molar-refractivity contribution in [3.05, 3.63) is 60.2 Å². The van der Waals surface area contributed by atoms with Gasteiger partial charge < -0.3 is 20.1 Å². The zero-order chi connectivity index (χ0) is 20.6. The number of benzene rings is 2. The van der Waals surface area contributed by atoms with Crippen LogP contribution in [0.5, 0.6) is 5.75 Å². The summed E-state index contributed by atoms with van der Waals surface area (Å²) < 4.78 is 10.9. The van der Waals surface area contributed by atoms with Crippen molar-refractivity contribution >= 4 is 17.7 Å². The predicted octanol–water partition coefficient (Wildman–Crippen LogP) is 4.16. The number of carbonyl (C=O) groups is 2. The van der Waals surface area contributed by atoms with E-state index in [1.54, 1.807) is 32.9 Å². The summed E-state index contributed by atoms with van der Waals surface area (Å²) in [5.41, 5.74) is 0.828. The van der Waals surface area contributed by atoms with Gasteiger partial charge in [0.25, 0.3) is 0 Å². The van der Waals surface area contributed by atoms with E-state index in [1.165, 1.54) is 0 Å². The summed E-state index contributed by atoms with van der Waals surface area (Å²) in [6, 6.07) is 15.9. The Morgan fingerprint density at radius 3 is 2.29 bits per heavy atom. The van der Waals surface area contributed by atoms with Crippen LogP contribution in [0.3, 0.4) is 0 Å². The van der Waals surface area contributed by atoms with Crippen LogP contribution in [0.1, 0.15) is 33.3 Å². The molecular weight excluding hydrogens is 356 g/mol. The lowest BCUT2D eigenvalue weighted by Gasteiger charge is -2.23. The Morgan fingerprint density at radius 1 is 1.00 bits per heavy atom. The molecule has 150 valence electrons. The van der Waals surface area contributed by atoms with Gasteiger partial charge in [0, 0.05) is 6.42 Å². The highest BCUT2D eigenvalue weighted by atomic mass is 16.6. The zero-order valence-electron chi connectivity index (χ0n) is 16.8. The summed E-state index contributed by atoms with van der Waals surface area (Å²) in [5.74, 6) is 0.232. The normalized spacial score (nSPS) is 12.0. The van der Waals surface area contributed by atoms with Crippen LogP contribution in [-0.4, -0.2) is 30.3 Å².